The molecule has 1 fully saturated rings. The number of anilines is 1. The number of aromatic nitrogens is 2. The van der Waals surface area contributed by atoms with E-state index in [2.05, 4.69) is 46.7 Å². The van der Waals surface area contributed by atoms with E-state index in [4.69, 9.17) is 9.15 Å². The van der Waals surface area contributed by atoms with Crippen LogP contribution in [-0.4, -0.2) is 36.3 Å². The molecule has 0 aliphatic carbocycles. The Morgan fingerprint density at radius 2 is 1.74 bits per heavy atom. The number of aryl methyl sites for hydroxylation is 1. The minimum absolute atomic E-state index is 0.00939. The summed E-state index contributed by atoms with van der Waals surface area (Å²) < 4.78 is 11.0. The van der Waals surface area contributed by atoms with Crippen LogP contribution in [0.25, 0.3) is 11.5 Å². The van der Waals surface area contributed by atoms with Gasteiger partial charge in [-0.2, -0.15) is 0 Å². The maximum absolute atomic E-state index is 12.6. The predicted molar refractivity (Wildman–Crippen MR) is 119 cm³/mol. The summed E-state index contributed by atoms with van der Waals surface area (Å²) in [7, 11) is 1.63. The van der Waals surface area contributed by atoms with Crippen LogP contribution in [0.5, 0.6) is 5.75 Å². The zero-order valence-corrected chi connectivity index (χ0v) is 18.0. The van der Waals surface area contributed by atoms with Gasteiger partial charge in [0.2, 0.25) is 11.8 Å². The van der Waals surface area contributed by atoms with E-state index in [0.29, 0.717) is 31.5 Å². The molecule has 2 aromatic carbocycles. The van der Waals surface area contributed by atoms with Crippen molar-refractivity contribution >= 4 is 11.9 Å². The summed E-state index contributed by atoms with van der Waals surface area (Å²) in [5.41, 5.74) is 3.28. The zero-order chi connectivity index (χ0) is 21.6. The highest BCUT2D eigenvalue weighted by molar-refractivity contribution is 5.78. The van der Waals surface area contributed by atoms with Crippen molar-refractivity contribution in [1.82, 2.24) is 15.5 Å². The van der Waals surface area contributed by atoms with Crippen molar-refractivity contribution in [3.63, 3.8) is 0 Å². The van der Waals surface area contributed by atoms with Gasteiger partial charge < -0.3 is 19.4 Å². The third-order valence-electron chi connectivity index (χ3n) is 5.79. The number of amides is 1. The SMILES string of the molecule is CCc1ccc(CNC(=O)C2CCN(c3nnc(-c4ccc(OC)cc4)o3)CC2)cc1. The standard InChI is InChI=1S/C24H28N4O3/c1-3-17-4-6-18(7-5-17)16-25-22(29)19-12-14-28(15-13-19)24-27-26-23(31-24)20-8-10-21(30-2)11-9-20/h4-11,19H,3,12-16H2,1-2H3,(H,25,29). The largest absolute Gasteiger partial charge is 0.497 e. The van der Waals surface area contributed by atoms with Crippen LogP contribution in [0.4, 0.5) is 6.01 Å². The fourth-order valence-corrected chi connectivity index (χ4v) is 3.75. The number of benzene rings is 2. The van der Waals surface area contributed by atoms with Crippen LogP contribution in [0, 0.1) is 5.92 Å². The van der Waals surface area contributed by atoms with Crippen LogP contribution in [-0.2, 0) is 17.8 Å². The van der Waals surface area contributed by atoms with Gasteiger partial charge in [-0.15, -0.1) is 5.10 Å². The summed E-state index contributed by atoms with van der Waals surface area (Å²) in [5, 5.41) is 11.4. The predicted octanol–water partition coefficient (Wildman–Crippen LogP) is 3.84. The van der Waals surface area contributed by atoms with Gasteiger partial charge in [0.1, 0.15) is 5.75 Å². The molecule has 0 atom stereocenters. The van der Waals surface area contributed by atoms with E-state index in [1.165, 1.54) is 5.56 Å². The van der Waals surface area contributed by atoms with Crippen LogP contribution in [0.3, 0.4) is 0 Å². The number of hydrogen-bond acceptors (Lipinski definition) is 6. The van der Waals surface area contributed by atoms with Gasteiger partial charge in [0.15, 0.2) is 0 Å². The van der Waals surface area contributed by atoms with E-state index < -0.39 is 0 Å². The van der Waals surface area contributed by atoms with E-state index in [1.54, 1.807) is 7.11 Å². The molecule has 1 saturated heterocycles. The molecule has 0 radical (unpaired) electrons. The molecule has 7 heteroatoms. The Labute approximate surface area is 182 Å². The Hall–Kier alpha value is -3.35. The molecule has 31 heavy (non-hydrogen) atoms. The smallest absolute Gasteiger partial charge is 0.318 e. The van der Waals surface area contributed by atoms with Gasteiger partial charge in [0.25, 0.3) is 0 Å². The molecular formula is C24H28N4O3. The van der Waals surface area contributed by atoms with Crippen molar-refractivity contribution in [3.05, 3.63) is 59.7 Å². The van der Waals surface area contributed by atoms with E-state index in [9.17, 15) is 4.79 Å². The van der Waals surface area contributed by atoms with Crippen molar-refractivity contribution in [2.75, 3.05) is 25.1 Å². The quantitative estimate of drug-likeness (QED) is 0.626. The lowest BCUT2D eigenvalue weighted by molar-refractivity contribution is -0.125. The molecule has 3 aromatic rings. The van der Waals surface area contributed by atoms with Crippen LogP contribution in [0.2, 0.25) is 0 Å². The molecule has 0 saturated carbocycles. The van der Waals surface area contributed by atoms with E-state index in [0.717, 1.165) is 36.1 Å². The Bertz CT molecular complexity index is 990. The normalized spacial score (nSPS) is 14.5. The second-order valence-electron chi connectivity index (χ2n) is 7.77. The highest BCUT2D eigenvalue weighted by atomic mass is 16.5. The van der Waals surface area contributed by atoms with Crippen LogP contribution >= 0.6 is 0 Å². The molecule has 1 aliphatic heterocycles. The van der Waals surface area contributed by atoms with Crippen molar-refractivity contribution in [1.29, 1.82) is 0 Å². The highest BCUT2D eigenvalue weighted by Gasteiger charge is 2.27. The number of nitrogens with zero attached hydrogens (tertiary/aromatic N) is 3. The molecule has 0 unspecified atom stereocenters. The van der Waals surface area contributed by atoms with E-state index >= 15 is 0 Å². The fourth-order valence-electron chi connectivity index (χ4n) is 3.75. The van der Waals surface area contributed by atoms with Crippen LogP contribution < -0.4 is 15.0 Å². The number of nitrogens with one attached hydrogen (secondary N) is 1. The molecule has 4 rings (SSSR count). The molecular weight excluding hydrogens is 392 g/mol. The average molecular weight is 421 g/mol. The minimum atomic E-state index is 0.00939. The molecule has 0 bridgehead atoms. The lowest BCUT2D eigenvalue weighted by Crippen LogP contribution is -2.40. The van der Waals surface area contributed by atoms with Gasteiger partial charge in [0.05, 0.1) is 7.11 Å². The summed E-state index contributed by atoms with van der Waals surface area (Å²) in [6.07, 6.45) is 2.55. The topological polar surface area (TPSA) is 80.5 Å². The summed E-state index contributed by atoms with van der Waals surface area (Å²) >= 11 is 0. The zero-order valence-electron chi connectivity index (χ0n) is 18.0. The Morgan fingerprint density at radius 3 is 2.39 bits per heavy atom. The number of methoxy groups -OCH3 is 1. The molecule has 1 aliphatic rings. The molecule has 0 spiro atoms. The van der Waals surface area contributed by atoms with Crippen molar-refractivity contribution in [2.45, 2.75) is 32.7 Å². The van der Waals surface area contributed by atoms with Gasteiger partial charge in [-0.05, 0) is 54.7 Å². The Kier molecular flexibility index (Phi) is 6.50. The average Bonchev–Trinajstić information content (AvgIpc) is 3.33. The van der Waals surface area contributed by atoms with Gasteiger partial charge >= 0.3 is 6.01 Å². The minimum Gasteiger partial charge on any atom is -0.497 e. The third-order valence-corrected chi connectivity index (χ3v) is 5.79. The van der Waals surface area contributed by atoms with Crippen molar-refractivity contribution in [2.24, 2.45) is 5.92 Å². The Morgan fingerprint density at radius 1 is 1.06 bits per heavy atom. The molecule has 7 nitrogen and oxygen atoms in total. The molecule has 162 valence electrons. The maximum atomic E-state index is 12.6. The first kappa shape index (κ1) is 20.9. The number of ether oxygens (including phenoxy) is 1. The highest BCUT2D eigenvalue weighted by Crippen LogP contribution is 2.27. The lowest BCUT2D eigenvalue weighted by atomic mass is 9.96. The van der Waals surface area contributed by atoms with E-state index in [1.807, 2.05) is 29.2 Å². The molecule has 1 aromatic heterocycles. The van der Waals surface area contributed by atoms with E-state index in [-0.39, 0.29) is 11.8 Å². The van der Waals surface area contributed by atoms with Gasteiger partial charge in [-0.1, -0.05) is 36.3 Å². The first-order valence-corrected chi connectivity index (χ1v) is 10.7. The molecule has 2 heterocycles. The third kappa shape index (κ3) is 5.05. The molecule has 1 N–H and O–H groups in total. The number of carbonyl (C=O) groups is 1. The summed E-state index contributed by atoms with van der Waals surface area (Å²) in [6, 6.07) is 16.4. The van der Waals surface area contributed by atoms with Gasteiger partial charge in [-0.3, -0.25) is 4.79 Å². The second kappa shape index (κ2) is 9.64. The number of carbonyl (C=O) groups excluding carboxylic acids is 1. The van der Waals surface area contributed by atoms with Gasteiger partial charge in [0, 0.05) is 31.1 Å². The van der Waals surface area contributed by atoms with Crippen LogP contribution in [0.15, 0.2) is 52.9 Å². The second-order valence-corrected chi connectivity index (χ2v) is 7.77. The van der Waals surface area contributed by atoms with Crippen molar-refractivity contribution in [3.8, 4) is 17.2 Å². The lowest BCUT2D eigenvalue weighted by Gasteiger charge is -2.29. The summed E-state index contributed by atoms with van der Waals surface area (Å²) in [5.74, 6) is 1.38. The molecule has 1 amide bonds. The van der Waals surface area contributed by atoms with Crippen molar-refractivity contribution < 1.29 is 13.9 Å². The number of hydrogen-bond donors (Lipinski definition) is 1. The Balaban J connectivity index is 1.28. The monoisotopic (exact) mass is 420 g/mol. The first-order chi connectivity index (χ1) is 15.2. The number of piperidine rings is 1. The summed E-state index contributed by atoms with van der Waals surface area (Å²) in [4.78, 5) is 14.6. The number of rotatable bonds is 7. The first-order valence-electron chi connectivity index (χ1n) is 10.7. The maximum Gasteiger partial charge on any atom is 0.318 e. The fraction of sp³-hybridized carbons (Fsp3) is 0.375. The van der Waals surface area contributed by atoms with Gasteiger partial charge in [-0.25, -0.2) is 0 Å². The summed E-state index contributed by atoms with van der Waals surface area (Å²) in [6.45, 7) is 4.14. The van der Waals surface area contributed by atoms with Crippen LogP contribution in [0.1, 0.15) is 30.9 Å².